The molecule has 76 valence electrons. The van der Waals surface area contributed by atoms with Gasteiger partial charge in [-0.1, -0.05) is 0 Å². The third-order valence-electron chi connectivity index (χ3n) is 2.15. The molecule has 1 aliphatic heterocycles. The maximum absolute atomic E-state index is 11.8. The highest BCUT2D eigenvalue weighted by atomic mass is 32.2. The maximum Gasteiger partial charge on any atom is 0.244 e. The normalized spacial score (nSPS) is 19.2. The number of nitrogens with zero attached hydrogens (tertiary/aromatic N) is 2. The predicted molar refractivity (Wildman–Crippen MR) is 51.0 cm³/mol. The van der Waals surface area contributed by atoms with Crippen molar-refractivity contribution in [2.75, 3.05) is 13.1 Å². The van der Waals surface area contributed by atoms with Crippen LogP contribution in [0.4, 0.5) is 0 Å². The van der Waals surface area contributed by atoms with Crippen molar-refractivity contribution in [3.8, 4) is 0 Å². The molecule has 6 heteroatoms. The summed E-state index contributed by atoms with van der Waals surface area (Å²) in [4.78, 5) is 4.00. The molecule has 2 N–H and O–H groups in total. The number of hydrogen-bond acceptors (Lipinski definition) is 4. The quantitative estimate of drug-likeness (QED) is 0.712. The molecule has 1 fully saturated rings. The lowest BCUT2D eigenvalue weighted by Crippen LogP contribution is -2.57. The Morgan fingerprint density at radius 3 is 2.71 bits per heavy atom. The molecular formula is C8H11N3O2S. The number of aromatic nitrogens is 1. The van der Waals surface area contributed by atoms with E-state index in [0.29, 0.717) is 13.1 Å². The van der Waals surface area contributed by atoms with Crippen molar-refractivity contribution in [1.29, 1.82) is 0 Å². The van der Waals surface area contributed by atoms with Crippen LogP contribution in [-0.4, -0.2) is 36.8 Å². The van der Waals surface area contributed by atoms with E-state index in [9.17, 15) is 8.42 Å². The van der Waals surface area contributed by atoms with Crippen LogP contribution in [0.15, 0.2) is 29.4 Å². The summed E-state index contributed by atoms with van der Waals surface area (Å²) in [6.45, 7) is 0.800. The molecule has 0 aliphatic carbocycles. The van der Waals surface area contributed by atoms with Gasteiger partial charge in [-0.05, 0) is 12.1 Å². The topological polar surface area (TPSA) is 76.3 Å². The van der Waals surface area contributed by atoms with E-state index >= 15 is 0 Å². The van der Waals surface area contributed by atoms with Gasteiger partial charge in [0.25, 0.3) is 0 Å². The first-order chi connectivity index (χ1) is 6.60. The fourth-order valence-corrected chi connectivity index (χ4v) is 2.83. The maximum atomic E-state index is 11.8. The lowest BCUT2D eigenvalue weighted by atomic mass is 10.2. The number of hydrogen-bond donors (Lipinski definition) is 1. The number of rotatable bonds is 2. The minimum atomic E-state index is -3.34. The Hall–Kier alpha value is -0.980. The number of pyridine rings is 1. The average molecular weight is 213 g/mol. The third-order valence-corrected chi connectivity index (χ3v) is 3.96. The first-order valence-corrected chi connectivity index (χ1v) is 5.70. The molecule has 0 bridgehead atoms. The van der Waals surface area contributed by atoms with Crippen LogP contribution in [0.5, 0.6) is 0 Å². The molecule has 0 amide bonds. The Morgan fingerprint density at radius 1 is 1.50 bits per heavy atom. The summed E-state index contributed by atoms with van der Waals surface area (Å²) in [7, 11) is -3.34. The molecule has 0 radical (unpaired) electrons. The van der Waals surface area contributed by atoms with Crippen molar-refractivity contribution in [3.05, 3.63) is 24.5 Å². The summed E-state index contributed by atoms with van der Waals surface area (Å²) < 4.78 is 24.9. The highest BCUT2D eigenvalue weighted by Crippen LogP contribution is 2.19. The molecule has 0 unspecified atom stereocenters. The van der Waals surface area contributed by atoms with Gasteiger partial charge in [0.2, 0.25) is 10.0 Å². The monoisotopic (exact) mass is 213 g/mol. The molecular weight excluding hydrogens is 202 g/mol. The van der Waals surface area contributed by atoms with Gasteiger partial charge in [-0.3, -0.25) is 4.98 Å². The molecule has 1 aromatic rings. The fourth-order valence-electron chi connectivity index (χ4n) is 1.31. The van der Waals surface area contributed by atoms with Gasteiger partial charge in [0, 0.05) is 31.5 Å². The summed E-state index contributed by atoms with van der Waals surface area (Å²) in [5.74, 6) is 0. The molecule has 0 atom stereocenters. The minimum absolute atomic E-state index is 0.0264. The SMILES string of the molecule is NC1CN(S(=O)(=O)c2cccnc2)C1. The van der Waals surface area contributed by atoms with Gasteiger partial charge in [-0.25, -0.2) is 8.42 Å². The summed E-state index contributed by atoms with van der Waals surface area (Å²) >= 11 is 0. The van der Waals surface area contributed by atoms with Gasteiger partial charge in [-0.15, -0.1) is 0 Å². The molecule has 0 spiro atoms. The molecule has 1 saturated heterocycles. The Morgan fingerprint density at radius 2 is 2.21 bits per heavy atom. The van der Waals surface area contributed by atoms with E-state index in [1.807, 2.05) is 0 Å². The van der Waals surface area contributed by atoms with Crippen LogP contribution in [0.1, 0.15) is 0 Å². The minimum Gasteiger partial charge on any atom is -0.325 e. The highest BCUT2D eigenvalue weighted by Gasteiger charge is 2.34. The fraction of sp³-hybridized carbons (Fsp3) is 0.375. The van der Waals surface area contributed by atoms with Gasteiger partial charge in [0.15, 0.2) is 0 Å². The summed E-state index contributed by atoms with van der Waals surface area (Å²) in [5.41, 5.74) is 5.52. The predicted octanol–water partition coefficient (Wildman–Crippen LogP) is -0.587. The zero-order valence-electron chi connectivity index (χ0n) is 7.50. The van der Waals surface area contributed by atoms with Gasteiger partial charge < -0.3 is 5.73 Å². The second kappa shape index (κ2) is 3.30. The van der Waals surface area contributed by atoms with Crippen LogP contribution in [0, 0.1) is 0 Å². The molecule has 1 aliphatic rings. The number of sulfonamides is 1. The molecule has 2 rings (SSSR count). The third kappa shape index (κ3) is 1.52. The number of nitrogens with two attached hydrogens (primary N) is 1. The van der Waals surface area contributed by atoms with Crippen molar-refractivity contribution < 1.29 is 8.42 Å². The first kappa shape index (κ1) is 9.57. The second-order valence-corrected chi connectivity index (χ2v) is 5.21. The van der Waals surface area contributed by atoms with E-state index in [1.54, 1.807) is 12.3 Å². The molecule has 2 heterocycles. The largest absolute Gasteiger partial charge is 0.325 e. The molecule has 0 aromatic carbocycles. The molecule has 5 nitrogen and oxygen atoms in total. The van der Waals surface area contributed by atoms with Crippen LogP contribution < -0.4 is 5.73 Å². The van der Waals surface area contributed by atoms with E-state index in [-0.39, 0.29) is 10.9 Å². The van der Waals surface area contributed by atoms with Crippen LogP contribution in [0.3, 0.4) is 0 Å². The lowest BCUT2D eigenvalue weighted by molar-refractivity contribution is 0.265. The Balaban J connectivity index is 2.26. The Kier molecular flexibility index (Phi) is 2.26. The van der Waals surface area contributed by atoms with Gasteiger partial charge in [-0.2, -0.15) is 4.31 Å². The summed E-state index contributed by atoms with van der Waals surface area (Å²) in [5, 5.41) is 0. The van der Waals surface area contributed by atoms with Crippen LogP contribution >= 0.6 is 0 Å². The molecule has 1 aromatic heterocycles. The van der Waals surface area contributed by atoms with E-state index in [2.05, 4.69) is 4.98 Å². The van der Waals surface area contributed by atoms with Crippen molar-refractivity contribution in [2.24, 2.45) is 5.73 Å². The van der Waals surface area contributed by atoms with Gasteiger partial charge in [0.1, 0.15) is 4.90 Å². The van der Waals surface area contributed by atoms with Gasteiger partial charge in [0.05, 0.1) is 0 Å². The first-order valence-electron chi connectivity index (χ1n) is 4.26. The van der Waals surface area contributed by atoms with E-state index in [4.69, 9.17) is 5.73 Å². The van der Waals surface area contributed by atoms with E-state index < -0.39 is 10.0 Å². The molecule has 0 saturated carbocycles. The van der Waals surface area contributed by atoms with Crippen molar-refractivity contribution in [3.63, 3.8) is 0 Å². The Bertz CT molecular complexity index is 411. The Labute approximate surface area is 82.6 Å². The van der Waals surface area contributed by atoms with Crippen LogP contribution in [-0.2, 0) is 10.0 Å². The van der Waals surface area contributed by atoms with Crippen LogP contribution in [0.25, 0.3) is 0 Å². The summed E-state index contributed by atoms with van der Waals surface area (Å²) in [6.07, 6.45) is 2.89. The van der Waals surface area contributed by atoms with Crippen molar-refractivity contribution >= 4 is 10.0 Å². The standard InChI is InChI=1S/C8H11N3O2S/c9-7-5-11(6-7)14(12,13)8-2-1-3-10-4-8/h1-4,7H,5-6,9H2. The highest BCUT2D eigenvalue weighted by molar-refractivity contribution is 7.89. The second-order valence-electron chi connectivity index (χ2n) is 3.27. The summed E-state index contributed by atoms with van der Waals surface area (Å²) in [6, 6.07) is 3.11. The average Bonchev–Trinajstić information content (AvgIpc) is 2.14. The van der Waals surface area contributed by atoms with Crippen LogP contribution in [0.2, 0.25) is 0 Å². The van der Waals surface area contributed by atoms with Crippen molar-refractivity contribution in [2.45, 2.75) is 10.9 Å². The smallest absolute Gasteiger partial charge is 0.244 e. The zero-order valence-corrected chi connectivity index (χ0v) is 8.31. The van der Waals surface area contributed by atoms with E-state index in [0.717, 1.165) is 0 Å². The zero-order chi connectivity index (χ0) is 10.2. The molecule has 14 heavy (non-hydrogen) atoms. The van der Waals surface area contributed by atoms with Crippen molar-refractivity contribution in [1.82, 2.24) is 9.29 Å². The lowest BCUT2D eigenvalue weighted by Gasteiger charge is -2.35. The van der Waals surface area contributed by atoms with E-state index in [1.165, 1.54) is 16.6 Å². The van der Waals surface area contributed by atoms with Gasteiger partial charge >= 0.3 is 0 Å².